The van der Waals surface area contributed by atoms with Gasteiger partial charge in [0.15, 0.2) is 6.61 Å². The summed E-state index contributed by atoms with van der Waals surface area (Å²) in [7, 11) is 0. The topological polar surface area (TPSA) is 79.0 Å². The van der Waals surface area contributed by atoms with Crippen LogP contribution in [0, 0.1) is 0 Å². The van der Waals surface area contributed by atoms with E-state index in [-0.39, 0.29) is 37.0 Å². The van der Waals surface area contributed by atoms with Gasteiger partial charge in [0.2, 0.25) is 5.91 Å². The second-order valence-electron chi connectivity index (χ2n) is 7.05. The van der Waals surface area contributed by atoms with Crippen molar-refractivity contribution in [3.8, 4) is 5.75 Å². The Balaban J connectivity index is 1.46. The Morgan fingerprint density at radius 1 is 1.19 bits per heavy atom. The van der Waals surface area contributed by atoms with Gasteiger partial charge < -0.3 is 15.0 Å². The normalized spacial score (nSPS) is 18.4. The Kier molecular flexibility index (Phi) is 5.44. The summed E-state index contributed by atoms with van der Waals surface area (Å²) >= 11 is 0. The maximum atomic E-state index is 12.3. The highest BCUT2D eigenvalue weighted by Crippen LogP contribution is 2.20. The highest BCUT2D eigenvalue weighted by Gasteiger charge is 2.37. The van der Waals surface area contributed by atoms with E-state index in [9.17, 15) is 14.4 Å². The molecule has 0 atom stereocenters. The van der Waals surface area contributed by atoms with Crippen LogP contribution in [0.5, 0.6) is 5.75 Å². The van der Waals surface area contributed by atoms with Crippen molar-refractivity contribution in [2.75, 3.05) is 26.2 Å². The van der Waals surface area contributed by atoms with Crippen molar-refractivity contribution < 1.29 is 19.1 Å². The lowest BCUT2D eigenvalue weighted by atomic mass is 10.0. The summed E-state index contributed by atoms with van der Waals surface area (Å²) in [5.74, 6) is 0.870. The van der Waals surface area contributed by atoms with Crippen molar-refractivity contribution in [3.05, 3.63) is 29.8 Å². The van der Waals surface area contributed by atoms with E-state index in [1.165, 1.54) is 10.5 Å². The Morgan fingerprint density at radius 3 is 2.38 bits per heavy atom. The first kappa shape index (κ1) is 18.2. The SMILES string of the molecule is CC(C)c1ccc(OCC(=O)N2CCC(N3C(=O)CNC3=O)CC2)cc1. The van der Waals surface area contributed by atoms with E-state index in [0.717, 1.165) is 0 Å². The molecule has 4 amide bonds. The molecule has 7 nitrogen and oxygen atoms in total. The van der Waals surface area contributed by atoms with E-state index in [4.69, 9.17) is 4.74 Å². The molecule has 0 spiro atoms. The molecular formula is C19H25N3O4. The van der Waals surface area contributed by atoms with E-state index in [2.05, 4.69) is 19.2 Å². The van der Waals surface area contributed by atoms with Crippen LogP contribution in [0.15, 0.2) is 24.3 Å². The van der Waals surface area contributed by atoms with Gasteiger partial charge in [-0.25, -0.2) is 4.79 Å². The molecule has 1 aromatic carbocycles. The average Bonchev–Trinajstić information content (AvgIpc) is 2.98. The van der Waals surface area contributed by atoms with Gasteiger partial charge in [-0.3, -0.25) is 14.5 Å². The molecule has 1 N–H and O–H groups in total. The van der Waals surface area contributed by atoms with Gasteiger partial charge in [0, 0.05) is 19.1 Å². The van der Waals surface area contributed by atoms with Crippen molar-refractivity contribution in [3.63, 3.8) is 0 Å². The molecule has 2 aliphatic rings. The zero-order valence-electron chi connectivity index (χ0n) is 15.2. The second-order valence-corrected chi connectivity index (χ2v) is 7.05. The van der Waals surface area contributed by atoms with Gasteiger partial charge in [-0.05, 0) is 36.5 Å². The lowest BCUT2D eigenvalue weighted by Gasteiger charge is -2.35. The Labute approximate surface area is 153 Å². The number of ether oxygens (including phenoxy) is 1. The fraction of sp³-hybridized carbons (Fsp3) is 0.526. The number of amides is 4. The highest BCUT2D eigenvalue weighted by atomic mass is 16.5. The zero-order valence-corrected chi connectivity index (χ0v) is 15.2. The van der Waals surface area contributed by atoms with Crippen LogP contribution in [0.2, 0.25) is 0 Å². The Morgan fingerprint density at radius 2 is 1.85 bits per heavy atom. The number of likely N-dealkylation sites (tertiary alicyclic amines) is 1. The molecule has 26 heavy (non-hydrogen) atoms. The minimum absolute atomic E-state index is 0.00514. The number of nitrogens with zero attached hydrogens (tertiary/aromatic N) is 2. The van der Waals surface area contributed by atoms with E-state index in [0.29, 0.717) is 37.6 Å². The molecule has 2 heterocycles. The predicted octanol–water partition coefficient (Wildman–Crippen LogP) is 1.73. The molecule has 2 fully saturated rings. The van der Waals surface area contributed by atoms with Crippen LogP contribution < -0.4 is 10.1 Å². The average molecular weight is 359 g/mol. The molecule has 3 rings (SSSR count). The second kappa shape index (κ2) is 7.76. The summed E-state index contributed by atoms with van der Waals surface area (Å²) in [6, 6.07) is 7.33. The third-order valence-corrected chi connectivity index (χ3v) is 4.97. The van der Waals surface area contributed by atoms with Gasteiger partial charge in [0.05, 0.1) is 6.54 Å². The number of hydrogen-bond donors (Lipinski definition) is 1. The van der Waals surface area contributed by atoms with Gasteiger partial charge in [0.25, 0.3) is 5.91 Å². The number of benzene rings is 1. The fourth-order valence-corrected chi connectivity index (χ4v) is 3.36. The fourth-order valence-electron chi connectivity index (χ4n) is 3.36. The number of urea groups is 1. The van der Waals surface area contributed by atoms with Crippen LogP contribution in [-0.2, 0) is 9.59 Å². The van der Waals surface area contributed by atoms with Crippen LogP contribution in [-0.4, -0.2) is 59.9 Å². The van der Waals surface area contributed by atoms with Crippen molar-refractivity contribution in [2.24, 2.45) is 0 Å². The molecule has 1 aromatic rings. The predicted molar refractivity (Wildman–Crippen MR) is 95.9 cm³/mol. The van der Waals surface area contributed by atoms with E-state index >= 15 is 0 Å². The van der Waals surface area contributed by atoms with Gasteiger partial charge in [0.1, 0.15) is 5.75 Å². The standard InChI is InChI=1S/C19H25N3O4/c1-13(2)14-3-5-16(6-4-14)26-12-18(24)21-9-7-15(8-10-21)22-17(23)11-20-19(22)25/h3-6,13,15H,7-12H2,1-2H3,(H,20,25). The molecule has 0 radical (unpaired) electrons. The number of piperidine rings is 1. The molecule has 2 aliphatic heterocycles. The first-order valence-corrected chi connectivity index (χ1v) is 9.06. The van der Waals surface area contributed by atoms with Crippen molar-refractivity contribution in [1.29, 1.82) is 0 Å². The van der Waals surface area contributed by atoms with Gasteiger partial charge in [-0.1, -0.05) is 26.0 Å². The van der Waals surface area contributed by atoms with E-state index in [1.54, 1.807) is 4.90 Å². The number of carbonyl (C=O) groups is 3. The monoisotopic (exact) mass is 359 g/mol. The van der Waals surface area contributed by atoms with Gasteiger partial charge in [-0.2, -0.15) is 0 Å². The quantitative estimate of drug-likeness (QED) is 0.812. The summed E-state index contributed by atoms with van der Waals surface area (Å²) < 4.78 is 5.60. The number of imide groups is 1. The summed E-state index contributed by atoms with van der Waals surface area (Å²) in [5.41, 5.74) is 1.23. The first-order valence-electron chi connectivity index (χ1n) is 9.06. The molecule has 0 unspecified atom stereocenters. The molecule has 2 saturated heterocycles. The number of hydrogen-bond acceptors (Lipinski definition) is 4. The molecule has 0 bridgehead atoms. The third kappa shape index (κ3) is 3.98. The molecular weight excluding hydrogens is 334 g/mol. The van der Waals surface area contributed by atoms with E-state index in [1.807, 2.05) is 24.3 Å². The first-order chi connectivity index (χ1) is 12.5. The maximum Gasteiger partial charge on any atom is 0.324 e. The Hall–Kier alpha value is -2.57. The van der Waals surface area contributed by atoms with E-state index < -0.39 is 0 Å². The number of nitrogens with one attached hydrogen (secondary N) is 1. The summed E-state index contributed by atoms with van der Waals surface area (Å²) in [5, 5.41) is 2.54. The summed E-state index contributed by atoms with van der Waals surface area (Å²) in [6.45, 7) is 5.37. The molecule has 0 aliphatic carbocycles. The van der Waals surface area contributed by atoms with Crippen LogP contribution in [0.1, 0.15) is 38.2 Å². The summed E-state index contributed by atoms with van der Waals surface area (Å²) in [4.78, 5) is 38.9. The molecule has 0 aromatic heterocycles. The Bertz CT molecular complexity index is 663. The van der Waals surface area contributed by atoms with Crippen LogP contribution in [0.25, 0.3) is 0 Å². The smallest absolute Gasteiger partial charge is 0.324 e. The highest BCUT2D eigenvalue weighted by molar-refractivity contribution is 6.02. The summed E-state index contributed by atoms with van der Waals surface area (Å²) in [6.07, 6.45) is 1.21. The maximum absolute atomic E-state index is 12.3. The lowest BCUT2D eigenvalue weighted by molar-refractivity contribution is -0.135. The van der Waals surface area contributed by atoms with Gasteiger partial charge in [-0.15, -0.1) is 0 Å². The lowest BCUT2D eigenvalue weighted by Crippen LogP contribution is -2.49. The van der Waals surface area contributed by atoms with Crippen molar-refractivity contribution in [1.82, 2.24) is 15.1 Å². The molecule has 0 saturated carbocycles. The van der Waals surface area contributed by atoms with Crippen molar-refractivity contribution in [2.45, 2.75) is 38.6 Å². The van der Waals surface area contributed by atoms with Crippen LogP contribution in [0.4, 0.5) is 4.79 Å². The zero-order chi connectivity index (χ0) is 18.7. The largest absolute Gasteiger partial charge is 0.484 e. The third-order valence-electron chi connectivity index (χ3n) is 4.97. The minimum atomic E-state index is -0.326. The number of carbonyl (C=O) groups excluding carboxylic acids is 3. The molecule has 7 heteroatoms. The van der Waals surface area contributed by atoms with Crippen LogP contribution >= 0.6 is 0 Å². The van der Waals surface area contributed by atoms with Crippen LogP contribution in [0.3, 0.4) is 0 Å². The minimum Gasteiger partial charge on any atom is -0.484 e. The van der Waals surface area contributed by atoms with Crippen molar-refractivity contribution >= 4 is 17.8 Å². The van der Waals surface area contributed by atoms with Gasteiger partial charge >= 0.3 is 6.03 Å². The number of rotatable bonds is 5. The molecule has 140 valence electrons.